The van der Waals surface area contributed by atoms with Crippen molar-refractivity contribution in [3.63, 3.8) is 0 Å². The number of alkyl halides is 3. The molecule has 1 fully saturated rings. The normalized spacial score (nSPS) is 17.9. The number of benzene rings is 2. The van der Waals surface area contributed by atoms with Gasteiger partial charge in [0.1, 0.15) is 12.3 Å². The number of hydrogen-bond acceptors (Lipinski definition) is 3. The van der Waals surface area contributed by atoms with E-state index in [1.54, 1.807) is 19.2 Å². The number of nitrogens with zero attached hydrogens (tertiary/aromatic N) is 1. The number of carbonyl (C=O) groups excluding carboxylic acids is 2. The average Bonchev–Trinajstić information content (AvgIpc) is 3.05. The van der Waals surface area contributed by atoms with Crippen LogP contribution in [0.15, 0.2) is 54.6 Å². The van der Waals surface area contributed by atoms with Crippen molar-refractivity contribution in [3.05, 3.63) is 65.7 Å². The molecule has 2 aromatic carbocycles. The molecular formula is C21H21F3N2O3. The Morgan fingerprint density at radius 2 is 1.76 bits per heavy atom. The first-order valence-corrected chi connectivity index (χ1v) is 9.10. The summed E-state index contributed by atoms with van der Waals surface area (Å²) in [6, 6.07) is 15.9. The molecule has 1 aliphatic heterocycles. The zero-order valence-electron chi connectivity index (χ0n) is 15.8. The number of likely N-dealkylation sites (tertiary alicyclic amines) is 1. The Hall–Kier alpha value is -3.03. The molecule has 8 heteroatoms. The molecule has 3 rings (SSSR count). The summed E-state index contributed by atoms with van der Waals surface area (Å²) < 4.78 is 43.0. The standard InChI is InChI=1S/C21H21F3N2O3/c1-29-17-9-7-15(8-10-17)19(14-5-3-2-4-6-14)25-20(28)16-11-18(27)26(12-16)13-21(22,23)24/h2-10,16,19H,11-13H2,1H3,(H,25,28). The van der Waals surface area contributed by atoms with Crippen molar-refractivity contribution in [2.75, 3.05) is 20.2 Å². The Morgan fingerprint density at radius 1 is 1.14 bits per heavy atom. The van der Waals surface area contributed by atoms with Gasteiger partial charge in [-0.05, 0) is 23.3 Å². The van der Waals surface area contributed by atoms with E-state index in [-0.39, 0.29) is 13.0 Å². The van der Waals surface area contributed by atoms with Crippen molar-refractivity contribution in [3.8, 4) is 5.75 Å². The molecule has 0 aliphatic carbocycles. The lowest BCUT2D eigenvalue weighted by atomic mass is 9.97. The minimum atomic E-state index is -4.49. The van der Waals surface area contributed by atoms with Gasteiger partial charge in [-0.1, -0.05) is 42.5 Å². The number of amides is 2. The molecule has 1 saturated heterocycles. The fourth-order valence-corrected chi connectivity index (χ4v) is 3.38. The third kappa shape index (κ3) is 5.28. The molecule has 1 heterocycles. The third-order valence-corrected chi connectivity index (χ3v) is 4.82. The molecule has 1 N–H and O–H groups in total. The minimum absolute atomic E-state index is 0.230. The molecule has 2 amide bonds. The fraction of sp³-hybridized carbons (Fsp3) is 0.333. The molecule has 0 aromatic heterocycles. The van der Waals surface area contributed by atoms with Gasteiger partial charge in [0, 0.05) is 13.0 Å². The molecule has 0 saturated carbocycles. The number of hydrogen-bond donors (Lipinski definition) is 1. The quantitative estimate of drug-likeness (QED) is 0.801. The van der Waals surface area contributed by atoms with Gasteiger partial charge < -0.3 is 15.0 Å². The summed E-state index contributed by atoms with van der Waals surface area (Å²) in [6.45, 7) is -1.58. The molecule has 2 atom stereocenters. The maximum absolute atomic E-state index is 12.8. The molecule has 2 aromatic rings. The van der Waals surface area contributed by atoms with Crippen molar-refractivity contribution in [2.24, 2.45) is 5.92 Å². The maximum Gasteiger partial charge on any atom is 0.406 e. The lowest BCUT2D eigenvalue weighted by molar-refractivity contribution is -0.157. The smallest absolute Gasteiger partial charge is 0.406 e. The van der Waals surface area contributed by atoms with Gasteiger partial charge in [0.05, 0.1) is 19.1 Å². The largest absolute Gasteiger partial charge is 0.497 e. The van der Waals surface area contributed by atoms with E-state index in [0.29, 0.717) is 10.6 Å². The molecule has 0 bridgehead atoms. The summed E-state index contributed by atoms with van der Waals surface area (Å²) in [5.74, 6) is -1.28. The monoisotopic (exact) mass is 406 g/mol. The summed E-state index contributed by atoms with van der Waals surface area (Å²) in [5, 5.41) is 2.89. The van der Waals surface area contributed by atoms with E-state index in [9.17, 15) is 22.8 Å². The minimum Gasteiger partial charge on any atom is -0.497 e. The summed E-state index contributed by atoms with van der Waals surface area (Å²) >= 11 is 0. The van der Waals surface area contributed by atoms with E-state index in [2.05, 4.69) is 5.32 Å². The fourth-order valence-electron chi connectivity index (χ4n) is 3.38. The first-order valence-electron chi connectivity index (χ1n) is 9.10. The van der Waals surface area contributed by atoms with Crippen LogP contribution in [0, 0.1) is 5.92 Å². The van der Waals surface area contributed by atoms with Crippen molar-refractivity contribution in [1.29, 1.82) is 0 Å². The van der Waals surface area contributed by atoms with Crippen LogP contribution in [-0.4, -0.2) is 43.1 Å². The van der Waals surface area contributed by atoms with Gasteiger partial charge in [-0.2, -0.15) is 13.2 Å². The first-order chi connectivity index (χ1) is 13.8. The Balaban J connectivity index is 1.77. The first kappa shape index (κ1) is 20.7. The molecule has 154 valence electrons. The van der Waals surface area contributed by atoms with Crippen LogP contribution in [0.1, 0.15) is 23.6 Å². The van der Waals surface area contributed by atoms with Crippen LogP contribution in [0.2, 0.25) is 0 Å². The molecule has 29 heavy (non-hydrogen) atoms. The van der Waals surface area contributed by atoms with Gasteiger partial charge in [0.25, 0.3) is 0 Å². The van der Waals surface area contributed by atoms with E-state index in [4.69, 9.17) is 4.74 Å². The van der Waals surface area contributed by atoms with E-state index in [0.717, 1.165) is 11.1 Å². The second kappa shape index (κ2) is 8.55. The second-order valence-electron chi connectivity index (χ2n) is 6.92. The predicted octanol–water partition coefficient (Wildman–Crippen LogP) is 3.31. The number of rotatable bonds is 6. The third-order valence-electron chi connectivity index (χ3n) is 4.82. The second-order valence-corrected chi connectivity index (χ2v) is 6.92. The summed E-state index contributed by atoms with van der Waals surface area (Å²) in [6.07, 6.45) is -4.72. The van der Waals surface area contributed by atoms with Crippen molar-refractivity contribution >= 4 is 11.8 Å². The van der Waals surface area contributed by atoms with Crippen LogP contribution >= 0.6 is 0 Å². The Labute approximate surface area is 166 Å². The van der Waals surface area contributed by atoms with Gasteiger partial charge in [-0.15, -0.1) is 0 Å². The van der Waals surface area contributed by atoms with E-state index in [1.165, 1.54) is 0 Å². The van der Waals surface area contributed by atoms with Gasteiger partial charge in [0.15, 0.2) is 0 Å². The predicted molar refractivity (Wildman–Crippen MR) is 100 cm³/mol. The van der Waals surface area contributed by atoms with Crippen molar-refractivity contribution < 1.29 is 27.5 Å². The average molecular weight is 406 g/mol. The zero-order chi connectivity index (χ0) is 21.0. The lowest BCUT2D eigenvalue weighted by Crippen LogP contribution is -2.38. The highest BCUT2D eigenvalue weighted by molar-refractivity contribution is 5.89. The molecule has 0 spiro atoms. The van der Waals surface area contributed by atoms with E-state index >= 15 is 0 Å². The molecule has 2 unspecified atom stereocenters. The van der Waals surface area contributed by atoms with Crippen LogP contribution in [0.4, 0.5) is 13.2 Å². The molecular weight excluding hydrogens is 385 g/mol. The van der Waals surface area contributed by atoms with Crippen molar-refractivity contribution in [1.82, 2.24) is 10.2 Å². The van der Waals surface area contributed by atoms with E-state index in [1.807, 2.05) is 42.5 Å². The van der Waals surface area contributed by atoms with Gasteiger partial charge in [0.2, 0.25) is 11.8 Å². The Morgan fingerprint density at radius 3 is 2.34 bits per heavy atom. The number of nitrogens with one attached hydrogen (secondary N) is 1. The maximum atomic E-state index is 12.8. The van der Waals surface area contributed by atoms with Crippen molar-refractivity contribution in [2.45, 2.75) is 18.6 Å². The van der Waals surface area contributed by atoms with Crippen LogP contribution in [0.3, 0.4) is 0 Å². The number of carbonyl (C=O) groups is 2. The topological polar surface area (TPSA) is 58.6 Å². The summed E-state index contributed by atoms with van der Waals surface area (Å²) in [5.41, 5.74) is 1.62. The van der Waals surface area contributed by atoms with Crippen LogP contribution < -0.4 is 10.1 Å². The Kier molecular flexibility index (Phi) is 6.10. The SMILES string of the molecule is COc1ccc(C(NC(=O)C2CC(=O)N(CC(F)(F)F)C2)c2ccccc2)cc1. The number of ether oxygens (including phenoxy) is 1. The Bertz CT molecular complexity index is 854. The summed E-state index contributed by atoms with van der Waals surface area (Å²) in [4.78, 5) is 25.4. The summed E-state index contributed by atoms with van der Waals surface area (Å²) in [7, 11) is 1.55. The molecule has 5 nitrogen and oxygen atoms in total. The lowest BCUT2D eigenvalue weighted by Gasteiger charge is -2.22. The van der Waals surface area contributed by atoms with Gasteiger partial charge >= 0.3 is 6.18 Å². The van der Waals surface area contributed by atoms with E-state index < -0.39 is 36.5 Å². The highest BCUT2D eigenvalue weighted by Crippen LogP contribution is 2.27. The van der Waals surface area contributed by atoms with Gasteiger partial charge in [-0.3, -0.25) is 9.59 Å². The van der Waals surface area contributed by atoms with Crippen LogP contribution in [0.5, 0.6) is 5.75 Å². The zero-order valence-corrected chi connectivity index (χ0v) is 15.8. The highest BCUT2D eigenvalue weighted by Gasteiger charge is 2.41. The number of halogens is 3. The molecule has 1 aliphatic rings. The van der Waals surface area contributed by atoms with Crippen LogP contribution in [-0.2, 0) is 9.59 Å². The van der Waals surface area contributed by atoms with Crippen LogP contribution in [0.25, 0.3) is 0 Å². The molecule has 0 radical (unpaired) electrons. The highest BCUT2D eigenvalue weighted by atomic mass is 19.4. The van der Waals surface area contributed by atoms with Gasteiger partial charge in [-0.25, -0.2) is 0 Å². The number of methoxy groups -OCH3 is 1.